The quantitative estimate of drug-likeness (QED) is 0.605. The van der Waals surface area contributed by atoms with Crippen molar-refractivity contribution in [1.29, 1.82) is 0 Å². The Kier molecular flexibility index (Phi) is 8.30. The van der Waals surface area contributed by atoms with Gasteiger partial charge in [-0.05, 0) is 18.6 Å². The molecule has 1 saturated heterocycles. The molecule has 1 fully saturated rings. The van der Waals surface area contributed by atoms with Crippen LogP contribution in [-0.4, -0.2) is 81.4 Å². The van der Waals surface area contributed by atoms with Crippen molar-refractivity contribution in [3.63, 3.8) is 0 Å². The van der Waals surface area contributed by atoms with Gasteiger partial charge in [-0.2, -0.15) is 0 Å². The van der Waals surface area contributed by atoms with E-state index in [2.05, 4.69) is 20.5 Å². The van der Waals surface area contributed by atoms with E-state index in [-0.39, 0.29) is 17.5 Å². The van der Waals surface area contributed by atoms with Crippen molar-refractivity contribution in [3.8, 4) is 0 Å². The molecule has 0 aromatic carbocycles. The second-order valence-corrected chi connectivity index (χ2v) is 5.74. The monoisotopic (exact) mass is 350 g/mol. The maximum absolute atomic E-state index is 12.2. The maximum Gasteiger partial charge on any atom is 0.269 e. The summed E-state index contributed by atoms with van der Waals surface area (Å²) >= 11 is 0. The number of ether oxygens (including phenoxy) is 2. The molecule has 0 spiro atoms. The fourth-order valence-corrected chi connectivity index (χ4v) is 2.46. The SMILES string of the molecule is COCCCNC(=O)c1ccnc(C(=O)NCCN2CCOCC2)c1. The summed E-state index contributed by atoms with van der Waals surface area (Å²) in [6, 6.07) is 3.10. The molecule has 0 atom stereocenters. The summed E-state index contributed by atoms with van der Waals surface area (Å²) in [7, 11) is 1.62. The van der Waals surface area contributed by atoms with E-state index in [1.165, 1.54) is 12.3 Å². The molecule has 0 saturated carbocycles. The van der Waals surface area contributed by atoms with Gasteiger partial charge in [0, 0.05) is 58.2 Å². The van der Waals surface area contributed by atoms with Gasteiger partial charge >= 0.3 is 0 Å². The smallest absolute Gasteiger partial charge is 0.269 e. The summed E-state index contributed by atoms with van der Waals surface area (Å²) in [6.45, 7) is 5.65. The van der Waals surface area contributed by atoms with Crippen molar-refractivity contribution in [2.75, 3.05) is 59.7 Å². The van der Waals surface area contributed by atoms with Gasteiger partial charge < -0.3 is 20.1 Å². The minimum absolute atomic E-state index is 0.221. The molecule has 2 heterocycles. The second kappa shape index (κ2) is 10.8. The Labute approximate surface area is 147 Å². The summed E-state index contributed by atoms with van der Waals surface area (Å²) in [5, 5.41) is 5.63. The Morgan fingerprint density at radius 1 is 1.24 bits per heavy atom. The first kappa shape index (κ1) is 19.3. The Morgan fingerprint density at radius 3 is 2.76 bits per heavy atom. The van der Waals surface area contributed by atoms with Gasteiger partial charge in [0.15, 0.2) is 0 Å². The number of hydrogen-bond acceptors (Lipinski definition) is 6. The largest absolute Gasteiger partial charge is 0.385 e. The predicted octanol–water partition coefficient (Wildman–Crippen LogP) is -0.0901. The van der Waals surface area contributed by atoms with Crippen LogP contribution in [0.2, 0.25) is 0 Å². The van der Waals surface area contributed by atoms with Gasteiger partial charge in [-0.3, -0.25) is 19.5 Å². The van der Waals surface area contributed by atoms with Gasteiger partial charge in [0.05, 0.1) is 13.2 Å². The summed E-state index contributed by atoms with van der Waals surface area (Å²) in [6.07, 6.45) is 2.21. The minimum Gasteiger partial charge on any atom is -0.385 e. The van der Waals surface area contributed by atoms with E-state index in [1.54, 1.807) is 13.2 Å². The molecule has 2 N–H and O–H groups in total. The molecule has 25 heavy (non-hydrogen) atoms. The van der Waals surface area contributed by atoms with E-state index in [9.17, 15) is 9.59 Å². The molecule has 8 heteroatoms. The third-order valence-electron chi connectivity index (χ3n) is 3.88. The molecule has 0 aliphatic carbocycles. The highest BCUT2D eigenvalue weighted by Crippen LogP contribution is 2.02. The van der Waals surface area contributed by atoms with Crippen molar-refractivity contribution in [3.05, 3.63) is 29.6 Å². The Bertz CT molecular complexity index is 561. The van der Waals surface area contributed by atoms with E-state index in [0.717, 1.165) is 39.3 Å². The van der Waals surface area contributed by atoms with Gasteiger partial charge in [-0.15, -0.1) is 0 Å². The molecule has 1 aromatic heterocycles. The summed E-state index contributed by atoms with van der Waals surface area (Å²) in [4.78, 5) is 30.6. The van der Waals surface area contributed by atoms with Crippen molar-refractivity contribution in [2.24, 2.45) is 0 Å². The molecule has 1 aromatic rings. The number of hydrogen-bond donors (Lipinski definition) is 2. The highest BCUT2D eigenvalue weighted by Gasteiger charge is 2.13. The van der Waals surface area contributed by atoms with Crippen molar-refractivity contribution in [1.82, 2.24) is 20.5 Å². The number of carbonyl (C=O) groups is 2. The van der Waals surface area contributed by atoms with Crippen LogP contribution < -0.4 is 10.6 Å². The van der Waals surface area contributed by atoms with Crippen LogP contribution in [-0.2, 0) is 9.47 Å². The number of morpholine rings is 1. The summed E-state index contributed by atoms with van der Waals surface area (Å²) < 4.78 is 10.2. The van der Waals surface area contributed by atoms with Gasteiger partial charge in [0.2, 0.25) is 0 Å². The fourth-order valence-electron chi connectivity index (χ4n) is 2.46. The van der Waals surface area contributed by atoms with Crippen molar-refractivity contribution in [2.45, 2.75) is 6.42 Å². The fraction of sp³-hybridized carbons (Fsp3) is 0.588. The molecule has 0 radical (unpaired) electrons. The molecule has 2 rings (SSSR count). The van der Waals surface area contributed by atoms with E-state index in [1.807, 2.05) is 0 Å². The van der Waals surface area contributed by atoms with E-state index in [0.29, 0.717) is 25.3 Å². The average molecular weight is 350 g/mol. The van der Waals surface area contributed by atoms with Crippen LogP contribution in [0, 0.1) is 0 Å². The van der Waals surface area contributed by atoms with Crippen LogP contribution in [0.5, 0.6) is 0 Å². The van der Waals surface area contributed by atoms with E-state index >= 15 is 0 Å². The molecular weight excluding hydrogens is 324 g/mol. The number of nitrogens with one attached hydrogen (secondary N) is 2. The number of aromatic nitrogens is 1. The lowest BCUT2D eigenvalue weighted by atomic mass is 10.2. The third kappa shape index (κ3) is 6.77. The molecule has 138 valence electrons. The van der Waals surface area contributed by atoms with Crippen molar-refractivity contribution < 1.29 is 19.1 Å². The number of carbonyl (C=O) groups excluding carboxylic acids is 2. The molecule has 1 aliphatic heterocycles. The Morgan fingerprint density at radius 2 is 2.00 bits per heavy atom. The first-order valence-electron chi connectivity index (χ1n) is 8.52. The maximum atomic E-state index is 12.2. The molecule has 8 nitrogen and oxygen atoms in total. The average Bonchev–Trinajstić information content (AvgIpc) is 2.66. The lowest BCUT2D eigenvalue weighted by Gasteiger charge is -2.26. The number of amides is 2. The molecular formula is C17H26N4O4. The van der Waals surface area contributed by atoms with E-state index in [4.69, 9.17) is 9.47 Å². The first-order valence-corrected chi connectivity index (χ1v) is 8.52. The molecule has 0 unspecified atom stereocenters. The van der Waals surface area contributed by atoms with Gasteiger partial charge in [-0.25, -0.2) is 0 Å². The van der Waals surface area contributed by atoms with E-state index < -0.39 is 0 Å². The Hall–Kier alpha value is -2.03. The zero-order chi connectivity index (χ0) is 17.9. The predicted molar refractivity (Wildman–Crippen MR) is 92.7 cm³/mol. The number of methoxy groups -OCH3 is 1. The van der Waals surface area contributed by atoms with Crippen molar-refractivity contribution >= 4 is 11.8 Å². The highest BCUT2D eigenvalue weighted by molar-refractivity contribution is 5.98. The van der Waals surface area contributed by atoms with Crippen LogP contribution in [0.15, 0.2) is 18.3 Å². The van der Waals surface area contributed by atoms with Crippen LogP contribution in [0.25, 0.3) is 0 Å². The van der Waals surface area contributed by atoms with Crippen LogP contribution in [0.3, 0.4) is 0 Å². The minimum atomic E-state index is -0.276. The Balaban J connectivity index is 1.78. The van der Waals surface area contributed by atoms with Crippen LogP contribution in [0.1, 0.15) is 27.3 Å². The number of rotatable bonds is 9. The second-order valence-electron chi connectivity index (χ2n) is 5.74. The summed E-state index contributed by atoms with van der Waals surface area (Å²) in [5.41, 5.74) is 0.664. The van der Waals surface area contributed by atoms with Gasteiger partial charge in [-0.1, -0.05) is 0 Å². The normalized spacial score (nSPS) is 14.9. The third-order valence-corrected chi connectivity index (χ3v) is 3.88. The van der Waals surface area contributed by atoms with Crippen LogP contribution >= 0.6 is 0 Å². The topological polar surface area (TPSA) is 92.8 Å². The number of nitrogens with zero attached hydrogens (tertiary/aromatic N) is 2. The first-order chi connectivity index (χ1) is 12.2. The zero-order valence-electron chi connectivity index (χ0n) is 14.6. The number of pyridine rings is 1. The zero-order valence-corrected chi connectivity index (χ0v) is 14.6. The highest BCUT2D eigenvalue weighted by atomic mass is 16.5. The van der Waals surface area contributed by atoms with Gasteiger partial charge in [0.1, 0.15) is 5.69 Å². The lowest BCUT2D eigenvalue weighted by molar-refractivity contribution is 0.0383. The lowest BCUT2D eigenvalue weighted by Crippen LogP contribution is -2.41. The summed E-state index contributed by atoms with van der Waals surface area (Å²) in [5.74, 6) is -0.497. The molecule has 0 bridgehead atoms. The van der Waals surface area contributed by atoms with Crippen LogP contribution in [0.4, 0.5) is 0 Å². The van der Waals surface area contributed by atoms with Gasteiger partial charge in [0.25, 0.3) is 11.8 Å². The standard InChI is InChI=1S/C17H26N4O4/c1-24-10-2-4-19-16(22)14-3-5-18-15(13-14)17(23)20-6-7-21-8-11-25-12-9-21/h3,5,13H,2,4,6-12H2,1H3,(H,19,22)(H,20,23). The molecule has 1 aliphatic rings. The molecule has 2 amide bonds.